The lowest BCUT2D eigenvalue weighted by Gasteiger charge is -2.38. The summed E-state index contributed by atoms with van der Waals surface area (Å²) in [5.41, 5.74) is 0.695. The SMILES string of the molecule is C[C@@H]1C[C@@H](C)CN(C(=O)[C@H](C)N(C)CC(=O)Nc2ccc(Cl)cc2)C1. The minimum absolute atomic E-state index is 0.0974. The third-order valence-electron chi connectivity index (χ3n) is 4.72. The number of anilines is 1. The van der Waals surface area contributed by atoms with Gasteiger partial charge in [0.1, 0.15) is 0 Å². The van der Waals surface area contributed by atoms with Gasteiger partial charge >= 0.3 is 0 Å². The molecule has 0 unspecified atom stereocenters. The van der Waals surface area contributed by atoms with E-state index in [1.54, 1.807) is 36.2 Å². The van der Waals surface area contributed by atoms with Crippen LogP contribution < -0.4 is 5.32 Å². The van der Waals surface area contributed by atoms with Gasteiger partial charge in [-0.25, -0.2) is 0 Å². The zero-order valence-electron chi connectivity index (χ0n) is 15.5. The van der Waals surface area contributed by atoms with Crippen LogP contribution in [0.1, 0.15) is 27.2 Å². The molecular weight excluding hydrogens is 338 g/mol. The number of hydrogen-bond acceptors (Lipinski definition) is 3. The van der Waals surface area contributed by atoms with E-state index in [1.165, 1.54) is 0 Å². The fourth-order valence-corrected chi connectivity index (χ4v) is 3.52. The maximum Gasteiger partial charge on any atom is 0.239 e. The monoisotopic (exact) mass is 365 g/mol. The van der Waals surface area contributed by atoms with Crippen molar-refractivity contribution in [2.45, 2.75) is 33.2 Å². The van der Waals surface area contributed by atoms with Gasteiger partial charge in [-0.3, -0.25) is 14.5 Å². The first-order valence-corrected chi connectivity index (χ1v) is 9.18. The van der Waals surface area contributed by atoms with Gasteiger partial charge in [-0.2, -0.15) is 0 Å². The zero-order chi connectivity index (χ0) is 18.6. The molecule has 1 heterocycles. The Morgan fingerprint density at radius 3 is 2.36 bits per heavy atom. The molecule has 0 bridgehead atoms. The van der Waals surface area contributed by atoms with Gasteiger partial charge < -0.3 is 10.2 Å². The first-order chi connectivity index (χ1) is 11.8. The van der Waals surface area contributed by atoms with E-state index in [9.17, 15) is 9.59 Å². The van der Waals surface area contributed by atoms with Crippen molar-refractivity contribution in [2.24, 2.45) is 11.8 Å². The first kappa shape index (κ1) is 19.7. The summed E-state index contributed by atoms with van der Waals surface area (Å²) < 4.78 is 0. The van der Waals surface area contributed by atoms with Crippen molar-refractivity contribution in [2.75, 3.05) is 32.0 Å². The second-order valence-corrected chi connectivity index (χ2v) is 7.77. The van der Waals surface area contributed by atoms with Crippen molar-refractivity contribution in [1.29, 1.82) is 0 Å². The van der Waals surface area contributed by atoms with Crippen LogP contribution in [0.25, 0.3) is 0 Å². The lowest BCUT2D eigenvalue weighted by atomic mass is 9.91. The number of likely N-dealkylation sites (N-methyl/N-ethyl adjacent to an activating group) is 1. The summed E-state index contributed by atoms with van der Waals surface area (Å²) in [6.07, 6.45) is 1.16. The number of nitrogens with zero attached hydrogens (tertiary/aromatic N) is 2. The van der Waals surface area contributed by atoms with Gasteiger partial charge in [-0.15, -0.1) is 0 Å². The highest BCUT2D eigenvalue weighted by Crippen LogP contribution is 2.22. The van der Waals surface area contributed by atoms with Gasteiger partial charge in [-0.1, -0.05) is 25.4 Å². The molecule has 0 saturated carbocycles. The van der Waals surface area contributed by atoms with Crippen molar-refractivity contribution in [1.82, 2.24) is 9.80 Å². The molecule has 1 saturated heterocycles. The highest BCUT2D eigenvalue weighted by atomic mass is 35.5. The Hall–Kier alpha value is -1.59. The molecule has 5 nitrogen and oxygen atoms in total. The van der Waals surface area contributed by atoms with Crippen molar-refractivity contribution >= 4 is 29.1 Å². The van der Waals surface area contributed by atoms with E-state index in [-0.39, 0.29) is 24.4 Å². The third kappa shape index (κ3) is 5.72. The molecule has 0 aliphatic carbocycles. The van der Waals surface area contributed by atoms with Gasteiger partial charge in [0, 0.05) is 23.8 Å². The normalized spacial score (nSPS) is 21.9. The predicted molar refractivity (Wildman–Crippen MR) is 102 cm³/mol. The molecule has 0 spiro atoms. The van der Waals surface area contributed by atoms with Crippen LogP contribution in [0.4, 0.5) is 5.69 Å². The molecular formula is C19H28ClN3O2. The number of nitrogens with one attached hydrogen (secondary N) is 1. The van der Waals surface area contributed by atoms with E-state index >= 15 is 0 Å². The molecule has 1 aromatic carbocycles. The maximum atomic E-state index is 12.7. The second kappa shape index (κ2) is 8.68. The van der Waals surface area contributed by atoms with Crippen LogP contribution in [0.15, 0.2) is 24.3 Å². The van der Waals surface area contributed by atoms with Crippen LogP contribution in [0.5, 0.6) is 0 Å². The van der Waals surface area contributed by atoms with E-state index in [2.05, 4.69) is 19.2 Å². The van der Waals surface area contributed by atoms with Crippen LogP contribution in [0, 0.1) is 11.8 Å². The predicted octanol–water partition coefficient (Wildman–Crippen LogP) is 3.10. The number of hydrogen-bond donors (Lipinski definition) is 1. The number of likely N-dealkylation sites (tertiary alicyclic amines) is 1. The van der Waals surface area contributed by atoms with Crippen LogP contribution in [0.2, 0.25) is 5.02 Å². The molecule has 1 aliphatic rings. The van der Waals surface area contributed by atoms with E-state index < -0.39 is 0 Å². The van der Waals surface area contributed by atoms with Gasteiger partial charge in [0.25, 0.3) is 0 Å². The molecule has 2 amide bonds. The smallest absolute Gasteiger partial charge is 0.239 e. The summed E-state index contributed by atoms with van der Waals surface area (Å²) in [6.45, 7) is 8.00. The zero-order valence-corrected chi connectivity index (χ0v) is 16.2. The van der Waals surface area contributed by atoms with E-state index in [1.807, 2.05) is 11.8 Å². The van der Waals surface area contributed by atoms with Crippen molar-refractivity contribution in [3.8, 4) is 0 Å². The minimum Gasteiger partial charge on any atom is -0.341 e. The average molecular weight is 366 g/mol. The van der Waals surface area contributed by atoms with Crippen LogP contribution in [-0.2, 0) is 9.59 Å². The average Bonchev–Trinajstić information content (AvgIpc) is 2.54. The number of piperidine rings is 1. The first-order valence-electron chi connectivity index (χ1n) is 8.80. The summed E-state index contributed by atoms with van der Waals surface area (Å²) in [5.74, 6) is 1.00. The number of amides is 2. The van der Waals surface area contributed by atoms with E-state index in [4.69, 9.17) is 11.6 Å². The molecule has 1 fully saturated rings. The Morgan fingerprint density at radius 1 is 1.24 bits per heavy atom. The molecule has 1 aliphatic heterocycles. The number of halogens is 1. The number of carbonyl (C=O) groups is 2. The van der Waals surface area contributed by atoms with Crippen molar-refractivity contribution < 1.29 is 9.59 Å². The summed E-state index contributed by atoms with van der Waals surface area (Å²) in [6, 6.07) is 6.64. The molecule has 0 radical (unpaired) electrons. The fraction of sp³-hybridized carbons (Fsp3) is 0.579. The lowest BCUT2D eigenvalue weighted by molar-refractivity contribution is -0.139. The van der Waals surface area contributed by atoms with Crippen molar-refractivity contribution in [3.05, 3.63) is 29.3 Å². The Bertz CT molecular complexity index is 595. The summed E-state index contributed by atoms with van der Waals surface area (Å²) in [4.78, 5) is 28.7. The molecule has 1 aromatic rings. The number of rotatable bonds is 5. The third-order valence-corrected chi connectivity index (χ3v) is 4.97. The largest absolute Gasteiger partial charge is 0.341 e. The number of benzene rings is 1. The maximum absolute atomic E-state index is 12.7. The molecule has 138 valence electrons. The molecule has 1 N–H and O–H groups in total. The van der Waals surface area contributed by atoms with E-state index in [0.29, 0.717) is 22.5 Å². The highest BCUT2D eigenvalue weighted by Gasteiger charge is 2.30. The Kier molecular flexibility index (Phi) is 6.85. The molecule has 25 heavy (non-hydrogen) atoms. The van der Waals surface area contributed by atoms with Gasteiger partial charge in [0.15, 0.2) is 0 Å². The summed E-state index contributed by atoms with van der Waals surface area (Å²) >= 11 is 5.84. The molecule has 6 heteroatoms. The summed E-state index contributed by atoms with van der Waals surface area (Å²) in [7, 11) is 1.81. The quantitative estimate of drug-likeness (QED) is 0.872. The van der Waals surface area contributed by atoms with Crippen LogP contribution in [0.3, 0.4) is 0 Å². The highest BCUT2D eigenvalue weighted by molar-refractivity contribution is 6.30. The van der Waals surface area contributed by atoms with Gasteiger partial charge in [0.05, 0.1) is 12.6 Å². The minimum atomic E-state index is -0.325. The Morgan fingerprint density at radius 2 is 1.80 bits per heavy atom. The number of carbonyl (C=O) groups excluding carboxylic acids is 2. The van der Waals surface area contributed by atoms with Gasteiger partial charge in [0.2, 0.25) is 11.8 Å². The van der Waals surface area contributed by atoms with Gasteiger partial charge in [-0.05, 0) is 56.5 Å². The topological polar surface area (TPSA) is 52.7 Å². The Balaban J connectivity index is 1.88. The molecule has 0 aromatic heterocycles. The van der Waals surface area contributed by atoms with Crippen LogP contribution in [-0.4, -0.2) is 54.3 Å². The van der Waals surface area contributed by atoms with E-state index in [0.717, 1.165) is 19.5 Å². The fourth-order valence-electron chi connectivity index (χ4n) is 3.39. The standard InChI is InChI=1S/C19H28ClN3O2/c1-13-9-14(2)11-23(10-13)19(25)15(3)22(4)12-18(24)21-17-7-5-16(20)6-8-17/h5-8,13-15H,9-12H2,1-4H3,(H,21,24)/t13-,14-,15+/m1/s1. The van der Waals surface area contributed by atoms with Crippen LogP contribution >= 0.6 is 11.6 Å². The molecule has 3 atom stereocenters. The second-order valence-electron chi connectivity index (χ2n) is 7.34. The lowest BCUT2D eigenvalue weighted by Crippen LogP contribution is -2.51. The summed E-state index contributed by atoms with van der Waals surface area (Å²) in [5, 5.41) is 3.45. The van der Waals surface area contributed by atoms with Crippen molar-refractivity contribution in [3.63, 3.8) is 0 Å². The molecule has 2 rings (SSSR count). The Labute approximate surface area is 155 Å².